The van der Waals surface area contributed by atoms with Gasteiger partial charge in [-0.25, -0.2) is 5.43 Å². The number of hydrogen-bond acceptors (Lipinski definition) is 6. The fraction of sp³-hybridized carbons (Fsp3) is 0.276. The van der Waals surface area contributed by atoms with Crippen LogP contribution in [0.25, 0.3) is 0 Å². The Morgan fingerprint density at radius 1 is 1.03 bits per heavy atom. The first kappa shape index (κ1) is 29.2. The van der Waals surface area contributed by atoms with E-state index >= 15 is 0 Å². The van der Waals surface area contributed by atoms with Gasteiger partial charge in [0.25, 0.3) is 11.8 Å². The second-order valence-electron chi connectivity index (χ2n) is 8.40. The number of anilines is 1. The summed E-state index contributed by atoms with van der Waals surface area (Å²) in [6.07, 6.45) is 1.52. The van der Waals surface area contributed by atoms with E-state index in [9.17, 15) is 9.59 Å². The summed E-state index contributed by atoms with van der Waals surface area (Å²) in [7, 11) is 1.59. The van der Waals surface area contributed by atoms with Gasteiger partial charge in [-0.3, -0.25) is 9.59 Å². The predicted molar refractivity (Wildman–Crippen MR) is 158 cm³/mol. The van der Waals surface area contributed by atoms with Crippen LogP contribution in [-0.2, 0) is 5.75 Å². The lowest BCUT2D eigenvalue weighted by Crippen LogP contribution is -2.25. The second-order valence-corrected chi connectivity index (χ2v) is 9.94. The molecule has 0 bridgehead atoms. The number of ether oxygens (including phenoxy) is 1. The molecular formula is C29H33ClN4O3S. The predicted octanol–water partition coefficient (Wildman–Crippen LogP) is 5.94. The Morgan fingerprint density at radius 3 is 2.50 bits per heavy atom. The molecule has 3 aromatic rings. The quantitative estimate of drug-likeness (QED) is 0.156. The molecule has 0 aliphatic rings. The average Bonchev–Trinajstić information content (AvgIpc) is 2.94. The number of nitrogens with zero attached hydrogens (tertiary/aromatic N) is 2. The molecule has 0 heterocycles. The van der Waals surface area contributed by atoms with Crippen LogP contribution in [0.5, 0.6) is 5.75 Å². The van der Waals surface area contributed by atoms with Crippen molar-refractivity contribution in [1.82, 2.24) is 10.3 Å². The summed E-state index contributed by atoms with van der Waals surface area (Å²) in [5.41, 5.74) is 5.43. The zero-order valence-electron chi connectivity index (χ0n) is 21.9. The molecule has 2 N–H and O–H groups in total. The van der Waals surface area contributed by atoms with Crippen LogP contribution >= 0.6 is 23.4 Å². The average molecular weight is 553 g/mol. The highest BCUT2D eigenvalue weighted by Gasteiger charge is 2.15. The van der Waals surface area contributed by atoms with Crippen molar-refractivity contribution in [3.05, 3.63) is 94.0 Å². The van der Waals surface area contributed by atoms with E-state index in [1.807, 2.05) is 42.1 Å². The van der Waals surface area contributed by atoms with Crippen LogP contribution in [0, 0.1) is 0 Å². The standard InChI is InChI=1S/C29H33ClN4O3S/c1-4-34(5-2)15-16-38-20-22-7-6-8-23(17-22)28(35)32-27-14-11-24(30)18-26(27)29(36)33-31-19-21-9-12-25(37-3)13-10-21/h6-14,17-19H,4-5,15-16,20H2,1-3H3,(H,32,35)(H,33,36)/b31-19+. The fourth-order valence-electron chi connectivity index (χ4n) is 3.65. The molecule has 0 saturated heterocycles. The molecule has 38 heavy (non-hydrogen) atoms. The fourth-order valence-corrected chi connectivity index (χ4v) is 4.77. The van der Waals surface area contributed by atoms with Crippen molar-refractivity contribution in [2.24, 2.45) is 5.10 Å². The van der Waals surface area contributed by atoms with E-state index in [0.29, 0.717) is 16.3 Å². The smallest absolute Gasteiger partial charge is 0.273 e. The van der Waals surface area contributed by atoms with Crippen LogP contribution in [-0.4, -0.2) is 55.4 Å². The van der Waals surface area contributed by atoms with E-state index in [1.54, 1.807) is 37.4 Å². The Balaban J connectivity index is 1.63. The maximum Gasteiger partial charge on any atom is 0.273 e. The molecule has 0 aliphatic heterocycles. The first-order valence-electron chi connectivity index (χ1n) is 12.4. The molecule has 200 valence electrons. The van der Waals surface area contributed by atoms with E-state index in [1.165, 1.54) is 12.3 Å². The number of methoxy groups -OCH3 is 1. The van der Waals surface area contributed by atoms with Gasteiger partial charge in [-0.05, 0) is 78.8 Å². The number of hydrogen-bond donors (Lipinski definition) is 2. The van der Waals surface area contributed by atoms with E-state index in [-0.39, 0.29) is 11.5 Å². The summed E-state index contributed by atoms with van der Waals surface area (Å²) >= 11 is 7.99. The number of carbonyl (C=O) groups excluding carboxylic acids is 2. The monoisotopic (exact) mass is 552 g/mol. The lowest BCUT2D eigenvalue weighted by Gasteiger charge is -2.17. The van der Waals surface area contributed by atoms with Crippen molar-refractivity contribution in [2.45, 2.75) is 19.6 Å². The highest BCUT2D eigenvalue weighted by atomic mass is 35.5. The van der Waals surface area contributed by atoms with Gasteiger partial charge < -0.3 is 15.0 Å². The zero-order chi connectivity index (χ0) is 27.3. The Morgan fingerprint density at radius 2 is 1.79 bits per heavy atom. The number of thioether (sulfide) groups is 1. The number of benzene rings is 3. The van der Waals surface area contributed by atoms with Gasteiger partial charge in [0.05, 0.1) is 24.6 Å². The third kappa shape index (κ3) is 8.90. The van der Waals surface area contributed by atoms with Gasteiger partial charge in [0.2, 0.25) is 0 Å². The van der Waals surface area contributed by atoms with Crippen molar-refractivity contribution >= 4 is 47.1 Å². The van der Waals surface area contributed by atoms with Crippen LogP contribution in [0.15, 0.2) is 71.8 Å². The maximum absolute atomic E-state index is 13.0. The topological polar surface area (TPSA) is 83.0 Å². The zero-order valence-corrected chi connectivity index (χ0v) is 23.4. The Labute approximate surface area is 233 Å². The number of halogens is 1. The van der Waals surface area contributed by atoms with Gasteiger partial charge in [-0.1, -0.05) is 37.6 Å². The molecule has 2 amide bonds. The highest BCUT2D eigenvalue weighted by Crippen LogP contribution is 2.22. The molecule has 0 fully saturated rings. The molecule has 0 atom stereocenters. The number of amides is 2. The second kappa shape index (κ2) is 15.2. The number of nitrogens with one attached hydrogen (secondary N) is 2. The van der Waals surface area contributed by atoms with Crippen molar-refractivity contribution in [3.63, 3.8) is 0 Å². The minimum absolute atomic E-state index is 0.209. The van der Waals surface area contributed by atoms with Gasteiger partial charge in [0, 0.05) is 28.6 Å². The maximum atomic E-state index is 13.0. The van der Waals surface area contributed by atoms with Crippen LogP contribution < -0.4 is 15.5 Å². The lowest BCUT2D eigenvalue weighted by molar-refractivity contribution is 0.0956. The normalized spacial score (nSPS) is 11.1. The van der Waals surface area contributed by atoms with Gasteiger partial charge in [0.15, 0.2) is 0 Å². The van der Waals surface area contributed by atoms with E-state index in [0.717, 1.165) is 48.0 Å². The van der Waals surface area contributed by atoms with Crippen molar-refractivity contribution < 1.29 is 14.3 Å². The van der Waals surface area contributed by atoms with Gasteiger partial charge in [-0.15, -0.1) is 0 Å². The summed E-state index contributed by atoms with van der Waals surface area (Å²) in [5.74, 6) is 1.78. The Bertz CT molecular complexity index is 1250. The molecule has 0 aliphatic carbocycles. The van der Waals surface area contributed by atoms with Crippen molar-refractivity contribution in [3.8, 4) is 5.75 Å². The Hall–Kier alpha value is -3.33. The summed E-state index contributed by atoms with van der Waals surface area (Å²) in [4.78, 5) is 28.3. The summed E-state index contributed by atoms with van der Waals surface area (Å²) < 4.78 is 5.14. The molecule has 3 rings (SSSR count). The van der Waals surface area contributed by atoms with Crippen molar-refractivity contribution in [2.75, 3.05) is 37.8 Å². The molecule has 0 aromatic heterocycles. The van der Waals surface area contributed by atoms with Gasteiger partial charge in [-0.2, -0.15) is 16.9 Å². The molecule has 0 unspecified atom stereocenters. The van der Waals surface area contributed by atoms with Crippen LogP contribution in [0.2, 0.25) is 5.02 Å². The molecule has 7 nitrogen and oxygen atoms in total. The van der Waals surface area contributed by atoms with Gasteiger partial charge in [0.1, 0.15) is 5.75 Å². The Kier molecular flexibility index (Phi) is 11.7. The largest absolute Gasteiger partial charge is 0.497 e. The van der Waals surface area contributed by atoms with Crippen LogP contribution in [0.3, 0.4) is 0 Å². The number of carbonyl (C=O) groups is 2. The third-order valence-corrected chi connectivity index (χ3v) is 7.12. The van der Waals surface area contributed by atoms with Crippen LogP contribution in [0.1, 0.15) is 45.7 Å². The minimum atomic E-state index is -0.495. The van der Waals surface area contributed by atoms with Crippen LogP contribution in [0.4, 0.5) is 5.69 Å². The number of hydrazone groups is 1. The SMILES string of the molecule is CCN(CC)CCSCc1cccc(C(=O)Nc2ccc(Cl)cc2C(=O)N/N=C/c2ccc(OC)cc2)c1. The molecule has 0 radical (unpaired) electrons. The van der Waals surface area contributed by atoms with E-state index in [4.69, 9.17) is 16.3 Å². The molecule has 9 heteroatoms. The third-order valence-electron chi connectivity index (χ3n) is 5.87. The van der Waals surface area contributed by atoms with E-state index < -0.39 is 5.91 Å². The molecule has 0 saturated carbocycles. The summed E-state index contributed by atoms with van der Waals surface area (Å²) in [5, 5.41) is 7.24. The molecular weight excluding hydrogens is 520 g/mol. The van der Waals surface area contributed by atoms with E-state index in [2.05, 4.69) is 34.6 Å². The minimum Gasteiger partial charge on any atom is -0.497 e. The lowest BCUT2D eigenvalue weighted by atomic mass is 10.1. The number of rotatable bonds is 13. The molecule has 3 aromatic carbocycles. The summed E-state index contributed by atoms with van der Waals surface area (Å²) in [6.45, 7) is 7.48. The first-order chi connectivity index (χ1) is 18.4. The van der Waals surface area contributed by atoms with Gasteiger partial charge >= 0.3 is 0 Å². The molecule has 0 spiro atoms. The first-order valence-corrected chi connectivity index (χ1v) is 13.9. The van der Waals surface area contributed by atoms with Crippen molar-refractivity contribution in [1.29, 1.82) is 0 Å². The highest BCUT2D eigenvalue weighted by molar-refractivity contribution is 7.98. The summed E-state index contributed by atoms with van der Waals surface area (Å²) in [6, 6.07) is 19.5.